The number of hydrogen-bond acceptors (Lipinski definition) is 2. The molecule has 2 rings (SSSR count). The van der Waals surface area contributed by atoms with Crippen LogP contribution in [-0.2, 0) is 16.0 Å². The number of nitrogens with one attached hydrogen (secondary N) is 1. The highest BCUT2D eigenvalue weighted by molar-refractivity contribution is 5.81. The molecule has 0 aromatic heterocycles. The third-order valence-corrected chi connectivity index (χ3v) is 4.90. The minimum Gasteiger partial charge on any atom is -0.350 e. The molecule has 2 aromatic carbocycles. The third kappa shape index (κ3) is 6.55. The maximum absolute atomic E-state index is 12.8. The Morgan fingerprint density at radius 2 is 1.56 bits per heavy atom. The van der Waals surface area contributed by atoms with Crippen LogP contribution >= 0.6 is 0 Å². The summed E-state index contributed by atoms with van der Waals surface area (Å²) in [6.45, 7) is 6.51. The lowest BCUT2D eigenvalue weighted by Gasteiger charge is -2.29. The first-order chi connectivity index (χ1) is 13.0. The van der Waals surface area contributed by atoms with Crippen molar-refractivity contribution in [2.45, 2.75) is 52.1 Å². The summed E-state index contributed by atoms with van der Waals surface area (Å²) in [7, 11) is 0. The third-order valence-electron chi connectivity index (χ3n) is 4.90. The molecule has 0 fully saturated rings. The molecule has 2 unspecified atom stereocenters. The number of rotatable bonds is 9. The van der Waals surface area contributed by atoms with Crippen LogP contribution in [0.4, 0.5) is 0 Å². The molecule has 0 radical (unpaired) electrons. The summed E-state index contributed by atoms with van der Waals surface area (Å²) < 4.78 is 0. The SMILES string of the molecule is CCC(C)N(CCC(=O)NC(C)c1ccccc1)C(=O)Cc1ccccc1. The lowest BCUT2D eigenvalue weighted by Crippen LogP contribution is -2.41. The zero-order valence-corrected chi connectivity index (χ0v) is 16.5. The molecule has 144 valence electrons. The second-order valence-corrected chi connectivity index (χ2v) is 6.96. The van der Waals surface area contributed by atoms with Crippen molar-refractivity contribution >= 4 is 11.8 Å². The van der Waals surface area contributed by atoms with E-state index >= 15 is 0 Å². The van der Waals surface area contributed by atoms with E-state index in [1.807, 2.05) is 79.4 Å². The normalized spacial score (nSPS) is 12.9. The van der Waals surface area contributed by atoms with E-state index in [1.54, 1.807) is 0 Å². The summed E-state index contributed by atoms with van der Waals surface area (Å²) in [5.74, 6) is 0.0339. The molecule has 27 heavy (non-hydrogen) atoms. The predicted octanol–water partition coefficient (Wildman–Crippen LogP) is 4.12. The van der Waals surface area contributed by atoms with E-state index in [0.29, 0.717) is 19.4 Å². The van der Waals surface area contributed by atoms with Gasteiger partial charge in [-0.1, -0.05) is 67.6 Å². The fourth-order valence-electron chi connectivity index (χ4n) is 3.04. The van der Waals surface area contributed by atoms with E-state index < -0.39 is 0 Å². The maximum Gasteiger partial charge on any atom is 0.227 e. The lowest BCUT2D eigenvalue weighted by atomic mass is 10.1. The summed E-state index contributed by atoms with van der Waals surface area (Å²) in [5.41, 5.74) is 2.07. The Morgan fingerprint density at radius 3 is 2.15 bits per heavy atom. The summed E-state index contributed by atoms with van der Waals surface area (Å²) in [6.07, 6.45) is 1.54. The first-order valence-electron chi connectivity index (χ1n) is 9.69. The fraction of sp³-hybridized carbons (Fsp3) is 0.391. The Balaban J connectivity index is 1.91. The van der Waals surface area contributed by atoms with Crippen molar-refractivity contribution in [2.24, 2.45) is 0 Å². The minimum atomic E-state index is -0.0456. The van der Waals surface area contributed by atoms with Crippen LogP contribution in [0.25, 0.3) is 0 Å². The highest BCUT2D eigenvalue weighted by atomic mass is 16.2. The van der Waals surface area contributed by atoms with Crippen molar-refractivity contribution in [3.8, 4) is 0 Å². The minimum absolute atomic E-state index is 0.0350. The van der Waals surface area contributed by atoms with Crippen LogP contribution in [0.2, 0.25) is 0 Å². The molecule has 0 saturated heterocycles. The van der Waals surface area contributed by atoms with Crippen LogP contribution in [0.3, 0.4) is 0 Å². The van der Waals surface area contributed by atoms with Crippen molar-refractivity contribution < 1.29 is 9.59 Å². The van der Waals surface area contributed by atoms with Gasteiger partial charge in [-0.25, -0.2) is 0 Å². The molecule has 4 nitrogen and oxygen atoms in total. The summed E-state index contributed by atoms with van der Waals surface area (Å²) in [4.78, 5) is 27.0. The van der Waals surface area contributed by atoms with Crippen molar-refractivity contribution in [1.82, 2.24) is 10.2 Å². The van der Waals surface area contributed by atoms with Gasteiger partial charge in [-0.15, -0.1) is 0 Å². The molecule has 2 atom stereocenters. The zero-order chi connectivity index (χ0) is 19.6. The van der Waals surface area contributed by atoms with E-state index in [2.05, 4.69) is 12.2 Å². The number of amides is 2. The van der Waals surface area contributed by atoms with Crippen molar-refractivity contribution in [2.75, 3.05) is 6.54 Å². The monoisotopic (exact) mass is 366 g/mol. The second-order valence-electron chi connectivity index (χ2n) is 6.96. The molecule has 2 amide bonds. The smallest absolute Gasteiger partial charge is 0.227 e. The van der Waals surface area contributed by atoms with Gasteiger partial charge >= 0.3 is 0 Å². The molecular weight excluding hydrogens is 336 g/mol. The van der Waals surface area contributed by atoms with Crippen molar-refractivity contribution in [3.05, 3.63) is 71.8 Å². The van der Waals surface area contributed by atoms with Gasteiger partial charge in [-0.2, -0.15) is 0 Å². The van der Waals surface area contributed by atoms with Crippen molar-refractivity contribution in [3.63, 3.8) is 0 Å². The first-order valence-corrected chi connectivity index (χ1v) is 9.69. The number of nitrogens with zero attached hydrogens (tertiary/aromatic N) is 1. The Kier molecular flexibility index (Phi) is 8.05. The van der Waals surface area contributed by atoms with Crippen LogP contribution in [0, 0.1) is 0 Å². The molecule has 0 spiro atoms. The van der Waals surface area contributed by atoms with Gasteiger partial charge in [-0.3, -0.25) is 9.59 Å². The summed E-state index contributed by atoms with van der Waals surface area (Å²) in [5, 5.41) is 3.02. The molecule has 0 aliphatic rings. The highest BCUT2D eigenvalue weighted by Gasteiger charge is 2.20. The maximum atomic E-state index is 12.8. The molecule has 0 aliphatic heterocycles. The van der Waals surface area contributed by atoms with Gasteiger partial charge in [0.2, 0.25) is 11.8 Å². The Labute approximate surface area is 162 Å². The van der Waals surface area contributed by atoms with Crippen LogP contribution in [-0.4, -0.2) is 29.3 Å². The fourth-order valence-corrected chi connectivity index (χ4v) is 3.04. The first kappa shape index (κ1) is 20.7. The topological polar surface area (TPSA) is 49.4 Å². The lowest BCUT2D eigenvalue weighted by molar-refractivity contribution is -0.133. The quantitative estimate of drug-likeness (QED) is 0.726. The van der Waals surface area contributed by atoms with Gasteiger partial charge in [0.15, 0.2) is 0 Å². The molecule has 2 aromatic rings. The molecule has 0 bridgehead atoms. The summed E-state index contributed by atoms with van der Waals surface area (Å²) in [6, 6.07) is 19.7. The van der Waals surface area contributed by atoms with E-state index in [0.717, 1.165) is 17.5 Å². The molecular formula is C23H30N2O2. The van der Waals surface area contributed by atoms with Gasteiger partial charge in [0, 0.05) is 19.0 Å². The van der Waals surface area contributed by atoms with E-state index in [1.165, 1.54) is 0 Å². The van der Waals surface area contributed by atoms with Crippen LogP contribution in [0.15, 0.2) is 60.7 Å². The van der Waals surface area contributed by atoms with Crippen LogP contribution in [0.5, 0.6) is 0 Å². The average Bonchev–Trinajstić information content (AvgIpc) is 2.69. The Bertz CT molecular complexity index is 716. The second kappa shape index (κ2) is 10.5. The van der Waals surface area contributed by atoms with E-state index in [-0.39, 0.29) is 23.9 Å². The number of carbonyl (C=O) groups is 2. The Hall–Kier alpha value is -2.62. The number of carbonyl (C=O) groups excluding carboxylic acids is 2. The van der Waals surface area contributed by atoms with Gasteiger partial charge < -0.3 is 10.2 Å². The van der Waals surface area contributed by atoms with Gasteiger partial charge in [0.05, 0.1) is 12.5 Å². The van der Waals surface area contributed by atoms with Gasteiger partial charge in [-0.05, 0) is 31.4 Å². The van der Waals surface area contributed by atoms with E-state index in [9.17, 15) is 9.59 Å². The highest BCUT2D eigenvalue weighted by Crippen LogP contribution is 2.13. The average molecular weight is 367 g/mol. The molecule has 0 aliphatic carbocycles. The molecule has 0 saturated carbocycles. The predicted molar refractivity (Wildman–Crippen MR) is 109 cm³/mol. The standard InChI is InChI=1S/C23H30N2O2/c1-4-18(2)25(23(27)17-20-11-7-5-8-12-20)16-15-22(26)24-19(3)21-13-9-6-10-14-21/h5-14,18-19H,4,15-17H2,1-3H3,(H,24,26). The van der Waals surface area contributed by atoms with E-state index in [4.69, 9.17) is 0 Å². The summed E-state index contributed by atoms with van der Waals surface area (Å²) >= 11 is 0. The van der Waals surface area contributed by atoms with Crippen molar-refractivity contribution in [1.29, 1.82) is 0 Å². The Morgan fingerprint density at radius 1 is 0.963 bits per heavy atom. The molecule has 1 N–H and O–H groups in total. The van der Waals surface area contributed by atoms with Gasteiger partial charge in [0.1, 0.15) is 0 Å². The largest absolute Gasteiger partial charge is 0.350 e. The van der Waals surface area contributed by atoms with Crippen LogP contribution < -0.4 is 5.32 Å². The molecule has 0 heterocycles. The zero-order valence-electron chi connectivity index (χ0n) is 16.5. The molecule has 4 heteroatoms. The van der Waals surface area contributed by atoms with Crippen LogP contribution in [0.1, 0.15) is 50.8 Å². The number of benzene rings is 2. The van der Waals surface area contributed by atoms with Gasteiger partial charge in [0.25, 0.3) is 0 Å². The number of hydrogen-bond donors (Lipinski definition) is 1.